The summed E-state index contributed by atoms with van der Waals surface area (Å²) >= 11 is 0. The highest BCUT2D eigenvalue weighted by molar-refractivity contribution is 5.91. The van der Waals surface area contributed by atoms with E-state index in [1.54, 1.807) is 12.1 Å². The Balaban J connectivity index is 0.00000274. The van der Waals surface area contributed by atoms with Crippen LogP contribution < -0.4 is 5.32 Å². The Kier molecular flexibility index (Phi) is 7.57. The van der Waals surface area contributed by atoms with Crippen LogP contribution >= 0.6 is 12.4 Å². The molecule has 180 valence electrons. The molecule has 0 saturated heterocycles. The molecule has 34 heavy (non-hydrogen) atoms. The number of carbonyl (C=O) groups is 2. The molecule has 0 spiro atoms. The Hall–Kier alpha value is -2.86. The largest absolute Gasteiger partial charge is 0.465 e. The van der Waals surface area contributed by atoms with Crippen molar-refractivity contribution in [3.05, 3.63) is 54.1 Å². The van der Waals surface area contributed by atoms with Gasteiger partial charge < -0.3 is 14.6 Å². The number of amides is 1. The maximum absolute atomic E-state index is 13.8. The number of hydrogen-bond donors (Lipinski definition) is 1. The zero-order valence-corrected chi connectivity index (χ0v) is 20.4. The van der Waals surface area contributed by atoms with E-state index < -0.39 is 0 Å². The molecule has 2 aliphatic carbocycles. The fourth-order valence-electron chi connectivity index (χ4n) is 5.57. The second kappa shape index (κ2) is 10.6. The van der Waals surface area contributed by atoms with Gasteiger partial charge in [-0.05, 0) is 55.9 Å². The van der Waals surface area contributed by atoms with Crippen LogP contribution in [0.2, 0.25) is 0 Å². The molecule has 5 rings (SSSR count). The average Bonchev–Trinajstić information content (AvgIpc) is 3.61. The van der Waals surface area contributed by atoms with Crippen molar-refractivity contribution >= 4 is 35.3 Å². The van der Waals surface area contributed by atoms with Crippen LogP contribution in [0.15, 0.2) is 48.5 Å². The lowest BCUT2D eigenvalue weighted by Gasteiger charge is -2.28. The van der Waals surface area contributed by atoms with Crippen LogP contribution in [0, 0.1) is 5.92 Å². The van der Waals surface area contributed by atoms with E-state index in [0.29, 0.717) is 5.56 Å². The Labute approximate surface area is 206 Å². The summed E-state index contributed by atoms with van der Waals surface area (Å²) in [6, 6.07) is 15.3. The van der Waals surface area contributed by atoms with E-state index in [2.05, 4.69) is 16.0 Å². The van der Waals surface area contributed by atoms with Crippen LogP contribution in [0.25, 0.3) is 22.4 Å². The molecule has 1 heterocycles. The van der Waals surface area contributed by atoms with E-state index in [1.165, 1.54) is 20.0 Å². The van der Waals surface area contributed by atoms with Gasteiger partial charge in [-0.25, -0.2) is 9.78 Å². The van der Waals surface area contributed by atoms with Crippen molar-refractivity contribution in [1.29, 1.82) is 0 Å². The molecule has 1 unspecified atom stereocenters. The zero-order chi connectivity index (χ0) is 22.8. The highest BCUT2D eigenvalue weighted by Gasteiger charge is 2.36. The van der Waals surface area contributed by atoms with Gasteiger partial charge >= 0.3 is 5.97 Å². The number of imidazole rings is 1. The minimum atomic E-state index is -0.366. The van der Waals surface area contributed by atoms with E-state index in [-0.39, 0.29) is 42.3 Å². The summed E-state index contributed by atoms with van der Waals surface area (Å²) in [5.41, 5.74) is 3.23. The van der Waals surface area contributed by atoms with Crippen molar-refractivity contribution in [2.24, 2.45) is 5.92 Å². The minimum Gasteiger partial charge on any atom is -0.465 e. The third kappa shape index (κ3) is 4.69. The van der Waals surface area contributed by atoms with Gasteiger partial charge in [0.1, 0.15) is 11.9 Å². The average molecular weight is 482 g/mol. The van der Waals surface area contributed by atoms with Crippen LogP contribution in [0.5, 0.6) is 0 Å². The molecule has 2 saturated carbocycles. The molecule has 0 bridgehead atoms. The van der Waals surface area contributed by atoms with Crippen LogP contribution in [0.3, 0.4) is 0 Å². The summed E-state index contributed by atoms with van der Waals surface area (Å²) in [5.74, 6) is 0.808. The number of carbonyl (C=O) groups excluding carboxylic acids is 2. The summed E-state index contributed by atoms with van der Waals surface area (Å²) in [6.07, 6.45) is 8.92. The predicted molar refractivity (Wildman–Crippen MR) is 135 cm³/mol. The van der Waals surface area contributed by atoms with Crippen LogP contribution in [-0.2, 0) is 9.53 Å². The monoisotopic (exact) mass is 481 g/mol. The second-order valence-corrected chi connectivity index (χ2v) is 9.34. The number of ether oxygens (including phenoxy) is 1. The first-order valence-electron chi connectivity index (χ1n) is 12.1. The molecule has 1 N–H and O–H groups in total. The number of esters is 1. The summed E-state index contributed by atoms with van der Waals surface area (Å²) in [7, 11) is 1.38. The van der Waals surface area contributed by atoms with E-state index in [0.717, 1.165) is 60.9 Å². The number of benzene rings is 2. The lowest BCUT2D eigenvalue weighted by molar-refractivity contribution is -0.126. The van der Waals surface area contributed by atoms with Crippen molar-refractivity contribution in [2.75, 3.05) is 7.11 Å². The summed E-state index contributed by atoms with van der Waals surface area (Å²) in [5, 5.41) is 3.37. The fourth-order valence-corrected chi connectivity index (χ4v) is 5.57. The summed E-state index contributed by atoms with van der Waals surface area (Å²) in [6.45, 7) is 0. The van der Waals surface area contributed by atoms with Crippen LogP contribution in [0.4, 0.5) is 0 Å². The number of fused-ring (bicyclic) bond motifs is 1. The number of aromatic nitrogens is 2. The lowest BCUT2D eigenvalue weighted by Crippen LogP contribution is -2.41. The molecular formula is C27H32ClN3O3. The first-order chi connectivity index (χ1) is 16.2. The quantitative estimate of drug-likeness (QED) is 0.458. The number of nitrogens with one attached hydrogen (secondary N) is 1. The molecular weight excluding hydrogens is 450 g/mol. The van der Waals surface area contributed by atoms with Crippen LogP contribution in [0.1, 0.15) is 67.8 Å². The number of rotatable bonds is 6. The van der Waals surface area contributed by atoms with Gasteiger partial charge in [-0.2, -0.15) is 0 Å². The second-order valence-electron chi connectivity index (χ2n) is 9.34. The van der Waals surface area contributed by atoms with E-state index in [1.807, 2.05) is 30.3 Å². The zero-order valence-electron chi connectivity index (χ0n) is 19.5. The number of methoxy groups -OCH3 is 1. The molecule has 2 aromatic carbocycles. The van der Waals surface area contributed by atoms with E-state index in [9.17, 15) is 9.59 Å². The SMILES string of the molecule is COC(=O)c1ccc(-c2nc3ccccc3n2C(C(=O)NC2CCCC2)C2CCCC2)cc1.Cl. The van der Waals surface area contributed by atoms with E-state index >= 15 is 0 Å². The first kappa shape index (κ1) is 24.3. The topological polar surface area (TPSA) is 73.2 Å². The van der Waals surface area contributed by atoms with Gasteiger partial charge in [0, 0.05) is 11.6 Å². The first-order valence-corrected chi connectivity index (χ1v) is 12.1. The Morgan fingerprint density at radius 1 is 0.971 bits per heavy atom. The van der Waals surface area contributed by atoms with Gasteiger partial charge in [0.15, 0.2) is 0 Å². The number of hydrogen-bond acceptors (Lipinski definition) is 4. The van der Waals surface area contributed by atoms with Gasteiger partial charge in [0.2, 0.25) is 5.91 Å². The minimum absolute atomic E-state index is 0. The van der Waals surface area contributed by atoms with Crippen molar-refractivity contribution in [3.8, 4) is 11.4 Å². The summed E-state index contributed by atoms with van der Waals surface area (Å²) < 4.78 is 7.00. The third-order valence-corrected chi connectivity index (χ3v) is 7.25. The maximum Gasteiger partial charge on any atom is 0.337 e. The van der Waals surface area contributed by atoms with Gasteiger partial charge in [-0.3, -0.25) is 4.79 Å². The highest BCUT2D eigenvalue weighted by atomic mass is 35.5. The standard InChI is InChI=1S/C27H31N3O3.ClH/c1-33-27(32)20-16-14-19(15-17-20)25-29-22-12-6-7-13-23(22)30(25)24(18-8-2-3-9-18)26(31)28-21-10-4-5-11-21;/h6-7,12-18,21,24H,2-5,8-11H2,1H3,(H,28,31);1H. The smallest absolute Gasteiger partial charge is 0.337 e. The molecule has 0 aliphatic heterocycles. The van der Waals surface area contributed by atoms with Gasteiger partial charge in [-0.1, -0.05) is 49.9 Å². The number of para-hydroxylation sites is 2. The van der Waals surface area contributed by atoms with Crippen molar-refractivity contribution < 1.29 is 14.3 Å². The molecule has 3 aromatic rings. The van der Waals surface area contributed by atoms with Crippen molar-refractivity contribution in [3.63, 3.8) is 0 Å². The predicted octanol–water partition coefficient (Wildman–Crippen LogP) is 5.70. The van der Waals surface area contributed by atoms with E-state index in [4.69, 9.17) is 9.72 Å². The van der Waals surface area contributed by atoms with Crippen LogP contribution in [-0.4, -0.2) is 34.6 Å². The Bertz CT molecular complexity index is 1150. The molecule has 1 atom stereocenters. The molecule has 0 radical (unpaired) electrons. The third-order valence-electron chi connectivity index (χ3n) is 7.25. The van der Waals surface area contributed by atoms with Gasteiger partial charge in [-0.15, -0.1) is 12.4 Å². The van der Waals surface area contributed by atoms with Crippen molar-refractivity contribution in [2.45, 2.75) is 63.5 Å². The lowest BCUT2D eigenvalue weighted by atomic mass is 9.95. The maximum atomic E-state index is 13.8. The molecule has 2 aliphatic rings. The van der Waals surface area contributed by atoms with Gasteiger partial charge in [0.25, 0.3) is 0 Å². The molecule has 7 heteroatoms. The Morgan fingerprint density at radius 2 is 1.62 bits per heavy atom. The number of halogens is 1. The highest BCUT2D eigenvalue weighted by Crippen LogP contribution is 2.39. The number of nitrogens with zero attached hydrogens (tertiary/aromatic N) is 2. The molecule has 2 fully saturated rings. The molecule has 1 amide bonds. The fraction of sp³-hybridized carbons (Fsp3) is 0.444. The Morgan fingerprint density at radius 3 is 2.29 bits per heavy atom. The molecule has 1 aromatic heterocycles. The normalized spacial score (nSPS) is 17.4. The van der Waals surface area contributed by atoms with Crippen molar-refractivity contribution in [1.82, 2.24) is 14.9 Å². The summed E-state index contributed by atoms with van der Waals surface area (Å²) in [4.78, 5) is 30.6. The molecule has 6 nitrogen and oxygen atoms in total. The van der Waals surface area contributed by atoms with Gasteiger partial charge in [0.05, 0.1) is 23.7 Å².